The molecule has 0 aromatic heterocycles. The highest BCUT2D eigenvalue weighted by atomic mass is 16.7. The topological polar surface area (TPSA) is 42.8 Å². The lowest BCUT2D eigenvalue weighted by Crippen LogP contribution is -2.41. The molecule has 0 saturated carbocycles. The predicted octanol–water partition coefficient (Wildman–Crippen LogP) is 7.43. The molecular formula is C34H41BN2O2. The minimum absolute atomic E-state index is 0.309. The van der Waals surface area contributed by atoms with Crippen molar-refractivity contribution in [3.8, 4) is 0 Å². The van der Waals surface area contributed by atoms with E-state index in [0.717, 1.165) is 45.1 Å². The molecule has 202 valence electrons. The monoisotopic (exact) mass is 520 g/mol. The molecule has 6 aliphatic rings. The molecule has 3 aliphatic carbocycles. The average Bonchev–Trinajstić information content (AvgIpc) is 3.20. The Bertz CT molecular complexity index is 1310. The van der Waals surface area contributed by atoms with E-state index in [1.165, 1.54) is 38.9 Å². The summed E-state index contributed by atoms with van der Waals surface area (Å²) >= 11 is 0. The van der Waals surface area contributed by atoms with E-state index in [0.29, 0.717) is 11.8 Å². The highest BCUT2D eigenvalue weighted by molar-refractivity contribution is 6.54. The van der Waals surface area contributed by atoms with Gasteiger partial charge in [-0.15, -0.1) is 0 Å². The van der Waals surface area contributed by atoms with E-state index in [1.54, 1.807) is 0 Å². The zero-order valence-corrected chi connectivity index (χ0v) is 23.9. The van der Waals surface area contributed by atoms with Crippen molar-refractivity contribution < 1.29 is 9.31 Å². The molecule has 2 unspecified atom stereocenters. The number of hydrogen-bond donors (Lipinski definition) is 1. The Morgan fingerprint density at radius 3 is 2.38 bits per heavy atom. The normalized spacial score (nSPS) is 29.4. The summed E-state index contributed by atoms with van der Waals surface area (Å²) in [5.74, 6) is 0.642. The van der Waals surface area contributed by atoms with Crippen LogP contribution in [0.1, 0.15) is 66.2 Å². The van der Waals surface area contributed by atoms with Crippen LogP contribution in [0.4, 0.5) is 0 Å². The molecule has 6 rings (SSSR count). The number of aliphatic imine (C=N–C) groups is 1. The molecule has 1 N–H and O–H groups in total. The lowest BCUT2D eigenvalue weighted by Gasteiger charge is -2.32. The van der Waals surface area contributed by atoms with Crippen LogP contribution in [-0.2, 0) is 9.31 Å². The molecule has 0 amide bonds. The summed E-state index contributed by atoms with van der Waals surface area (Å²) in [6.07, 6.45) is 33.4. The summed E-state index contributed by atoms with van der Waals surface area (Å²) in [5.41, 5.74) is 9.00. The molecule has 0 aromatic rings. The first-order valence-corrected chi connectivity index (χ1v) is 14.7. The molecule has 2 atom stereocenters. The SMILES string of the molecule is CC1(C)OB(C2=CC(C3C=CC=C(C4=CN=CCC4)C3)=CC(C3=CCCC(C4=CC=CNC4)=C3)C2)OC1(C)C. The Balaban J connectivity index is 1.31. The Morgan fingerprint density at radius 1 is 0.846 bits per heavy atom. The van der Waals surface area contributed by atoms with Gasteiger partial charge in [0.2, 0.25) is 0 Å². The maximum absolute atomic E-state index is 6.58. The lowest BCUT2D eigenvalue weighted by atomic mass is 9.66. The molecule has 0 aromatic carbocycles. The second-order valence-corrected chi connectivity index (χ2v) is 12.5. The van der Waals surface area contributed by atoms with Crippen molar-refractivity contribution in [1.29, 1.82) is 0 Å². The number of hydrogen-bond acceptors (Lipinski definition) is 4. The van der Waals surface area contributed by atoms with E-state index in [9.17, 15) is 0 Å². The third kappa shape index (κ3) is 5.44. The molecule has 0 bridgehead atoms. The summed E-state index contributed by atoms with van der Waals surface area (Å²) in [4.78, 5) is 4.44. The third-order valence-electron chi connectivity index (χ3n) is 9.34. The standard InChI is InChI=1S/C34H41BN2O2/c1-33(2)34(3,4)39-35(38-33)32-20-30(26-11-5-9-24(17-26)28-13-7-15-36-22-28)19-31(21-32)27-12-6-10-25(18-27)29-14-8-16-37-23-29/h5,8-9,11-12,14-16,18-20,22,26,31,37H,6-7,10,13,17,21,23H2,1-4H3. The van der Waals surface area contributed by atoms with Gasteiger partial charge >= 0.3 is 7.12 Å². The third-order valence-corrected chi connectivity index (χ3v) is 9.34. The minimum Gasteiger partial charge on any atom is -0.400 e. The summed E-state index contributed by atoms with van der Waals surface area (Å²) < 4.78 is 13.2. The summed E-state index contributed by atoms with van der Waals surface area (Å²) in [6.45, 7) is 9.48. The van der Waals surface area contributed by atoms with Gasteiger partial charge in [0.25, 0.3) is 0 Å². The fourth-order valence-electron chi connectivity index (χ4n) is 6.28. The molecule has 1 fully saturated rings. The van der Waals surface area contributed by atoms with Gasteiger partial charge < -0.3 is 14.6 Å². The second-order valence-electron chi connectivity index (χ2n) is 12.5. The summed E-state index contributed by atoms with van der Waals surface area (Å²) in [5, 5.41) is 3.38. The zero-order valence-electron chi connectivity index (χ0n) is 23.9. The smallest absolute Gasteiger partial charge is 0.400 e. The van der Waals surface area contributed by atoms with Gasteiger partial charge in [0.15, 0.2) is 0 Å². The maximum atomic E-state index is 6.58. The first kappa shape index (κ1) is 26.3. The number of nitrogens with zero attached hydrogens (tertiary/aromatic N) is 1. The molecule has 0 radical (unpaired) electrons. The van der Waals surface area contributed by atoms with Crippen LogP contribution in [0.5, 0.6) is 0 Å². The fourth-order valence-corrected chi connectivity index (χ4v) is 6.28. The van der Waals surface area contributed by atoms with Gasteiger partial charge in [0, 0.05) is 30.8 Å². The Labute approximate surface area is 234 Å². The molecule has 5 heteroatoms. The van der Waals surface area contributed by atoms with Gasteiger partial charge in [0.05, 0.1) is 11.2 Å². The molecule has 0 spiro atoms. The number of nitrogens with one attached hydrogen (secondary N) is 1. The Morgan fingerprint density at radius 2 is 1.64 bits per heavy atom. The molecule has 3 aliphatic heterocycles. The average molecular weight is 521 g/mol. The minimum atomic E-state index is -0.352. The van der Waals surface area contributed by atoms with Crippen LogP contribution in [0.2, 0.25) is 0 Å². The van der Waals surface area contributed by atoms with Crippen LogP contribution in [0.3, 0.4) is 0 Å². The van der Waals surface area contributed by atoms with Crippen LogP contribution >= 0.6 is 0 Å². The molecule has 3 heterocycles. The van der Waals surface area contributed by atoms with E-state index < -0.39 is 0 Å². The molecule has 1 saturated heterocycles. The van der Waals surface area contributed by atoms with Crippen LogP contribution in [0, 0.1) is 11.8 Å². The van der Waals surface area contributed by atoms with Crippen molar-refractivity contribution in [3.05, 3.63) is 106 Å². The van der Waals surface area contributed by atoms with Gasteiger partial charge in [-0.2, -0.15) is 0 Å². The summed E-state index contributed by atoms with van der Waals surface area (Å²) in [6, 6.07) is 0. The van der Waals surface area contributed by atoms with Crippen molar-refractivity contribution in [2.24, 2.45) is 16.8 Å². The number of allylic oxidation sites excluding steroid dienone is 14. The van der Waals surface area contributed by atoms with Gasteiger partial charge in [-0.1, -0.05) is 48.6 Å². The van der Waals surface area contributed by atoms with Crippen molar-refractivity contribution in [3.63, 3.8) is 0 Å². The summed E-state index contributed by atoms with van der Waals surface area (Å²) in [7, 11) is -0.317. The van der Waals surface area contributed by atoms with E-state index in [-0.39, 0.29) is 18.3 Å². The predicted molar refractivity (Wildman–Crippen MR) is 162 cm³/mol. The van der Waals surface area contributed by atoms with E-state index >= 15 is 0 Å². The van der Waals surface area contributed by atoms with Gasteiger partial charge in [-0.3, -0.25) is 4.99 Å². The van der Waals surface area contributed by atoms with Crippen LogP contribution in [0.25, 0.3) is 0 Å². The molecule has 39 heavy (non-hydrogen) atoms. The number of rotatable bonds is 5. The van der Waals surface area contributed by atoms with Crippen LogP contribution < -0.4 is 5.32 Å². The van der Waals surface area contributed by atoms with E-state index in [1.807, 2.05) is 12.4 Å². The van der Waals surface area contributed by atoms with Crippen LogP contribution in [-0.4, -0.2) is 31.1 Å². The first-order chi connectivity index (χ1) is 18.8. The maximum Gasteiger partial charge on any atom is 0.490 e. The molecular weight excluding hydrogens is 479 g/mol. The highest BCUT2D eigenvalue weighted by Crippen LogP contribution is 2.44. The second kappa shape index (κ2) is 10.6. The van der Waals surface area contributed by atoms with Crippen molar-refractivity contribution >= 4 is 13.3 Å². The highest BCUT2D eigenvalue weighted by Gasteiger charge is 2.52. The number of dihydropyridines is 1. The van der Waals surface area contributed by atoms with Crippen LogP contribution in [0.15, 0.2) is 111 Å². The largest absolute Gasteiger partial charge is 0.490 e. The quantitative estimate of drug-likeness (QED) is 0.384. The Kier molecular flexibility index (Phi) is 7.15. The zero-order chi connectivity index (χ0) is 27.0. The van der Waals surface area contributed by atoms with E-state index in [2.05, 4.69) is 98.9 Å². The van der Waals surface area contributed by atoms with Crippen molar-refractivity contribution in [2.45, 2.75) is 77.4 Å². The van der Waals surface area contributed by atoms with Gasteiger partial charge in [0.1, 0.15) is 0 Å². The first-order valence-electron chi connectivity index (χ1n) is 14.7. The van der Waals surface area contributed by atoms with Gasteiger partial charge in [-0.25, -0.2) is 0 Å². The van der Waals surface area contributed by atoms with E-state index in [4.69, 9.17) is 9.31 Å². The molecule has 4 nitrogen and oxygen atoms in total. The fraction of sp³-hybridized carbons (Fsp3) is 0.441. The Hall–Kier alpha value is -2.89. The van der Waals surface area contributed by atoms with Crippen molar-refractivity contribution in [1.82, 2.24) is 5.32 Å². The van der Waals surface area contributed by atoms with Gasteiger partial charge in [-0.05, 0) is 117 Å². The van der Waals surface area contributed by atoms with Crippen molar-refractivity contribution in [2.75, 3.05) is 6.54 Å². The lowest BCUT2D eigenvalue weighted by molar-refractivity contribution is 0.00578.